The number of rotatable bonds is 6. The minimum Gasteiger partial charge on any atom is -0.376 e. The topological polar surface area (TPSA) is 33.3 Å². The molecular weight excluding hydrogens is 336 g/mol. The third-order valence-electron chi connectivity index (χ3n) is 3.87. The molecule has 1 saturated heterocycles. The average Bonchev–Trinajstić information content (AvgIpc) is 3.14. The second-order valence-corrected chi connectivity index (χ2v) is 7.23. The zero-order valence-electron chi connectivity index (χ0n) is 13.5. The molecule has 0 unspecified atom stereocenters. The Kier molecular flexibility index (Phi) is 6.52. The van der Waals surface area contributed by atoms with Gasteiger partial charge < -0.3 is 15.4 Å². The van der Waals surface area contributed by atoms with Crippen LogP contribution in [0.1, 0.15) is 18.4 Å². The van der Waals surface area contributed by atoms with Gasteiger partial charge in [-0.1, -0.05) is 30.3 Å². The molecule has 1 aliphatic heterocycles. The van der Waals surface area contributed by atoms with Crippen molar-refractivity contribution in [1.82, 2.24) is 5.32 Å². The van der Waals surface area contributed by atoms with Crippen LogP contribution in [0.3, 0.4) is 0 Å². The molecule has 0 amide bonds. The summed E-state index contributed by atoms with van der Waals surface area (Å²) in [5.41, 5.74) is 2.31. The lowest BCUT2D eigenvalue weighted by Crippen LogP contribution is -2.34. The fourth-order valence-electron chi connectivity index (χ4n) is 2.55. The molecule has 3 rings (SSSR count). The van der Waals surface area contributed by atoms with Gasteiger partial charge in [0.25, 0.3) is 0 Å². The van der Waals surface area contributed by atoms with Crippen molar-refractivity contribution in [3.05, 3.63) is 60.2 Å². The predicted molar refractivity (Wildman–Crippen MR) is 106 cm³/mol. The summed E-state index contributed by atoms with van der Waals surface area (Å²) in [6, 6.07) is 18.9. The highest BCUT2D eigenvalue weighted by atomic mass is 32.2. The summed E-state index contributed by atoms with van der Waals surface area (Å²) in [7, 11) is 0. The maximum atomic E-state index is 5.58. The van der Waals surface area contributed by atoms with Gasteiger partial charge in [-0.3, -0.25) is 0 Å². The zero-order valence-corrected chi connectivity index (χ0v) is 15.2. The standard InChI is InChI=1S/C19H22N2OS2/c23-19(20-13-17-5-4-12-22-17)21-16-10-8-15(9-11-16)14-24-18-6-2-1-3-7-18/h1-3,6-11,17H,4-5,12-14H2,(H2,20,21,23)/t17-/m1/s1. The molecule has 3 nitrogen and oxygen atoms in total. The first-order valence-corrected chi connectivity index (χ1v) is 9.62. The number of hydrogen-bond acceptors (Lipinski definition) is 3. The van der Waals surface area contributed by atoms with Crippen molar-refractivity contribution in [3.63, 3.8) is 0 Å². The lowest BCUT2D eigenvalue weighted by molar-refractivity contribution is 0.114. The molecule has 1 atom stereocenters. The third kappa shape index (κ3) is 5.51. The molecule has 126 valence electrons. The minimum absolute atomic E-state index is 0.294. The number of ether oxygens (including phenoxy) is 1. The van der Waals surface area contributed by atoms with Crippen molar-refractivity contribution in [1.29, 1.82) is 0 Å². The molecule has 0 aromatic heterocycles. The first-order valence-electron chi connectivity index (χ1n) is 8.23. The van der Waals surface area contributed by atoms with Crippen LogP contribution in [-0.2, 0) is 10.5 Å². The molecule has 1 aliphatic rings. The summed E-state index contributed by atoms with van der Waals surface area (Å²) >= 11 is 7.18. The van der Waals surface area contributed by atoms with Gasteiger partial charge in [-0.2, -0.15) is 0 Å². The fraction of sp³-hybridized carbons (Fsp3) is 0.316. The van der Waals surface area contributed by atoms with E-state index in [4.69, 9.17) is 17.0 Å². The quantitative estimate of drug-likeness (QED) is 0.589. The van der Waals surface area contributed by atoms with E-state index < -0.39 is 0 Å². The Balaban J connectivity index is 1.42. The van der Waals surface area contributed by atoms with Crippen LogP contribution in [0, 0.1) is 0 Å². The molecule has 5 heteroatoms. The SMILES string of the molecule is S=C(NC[C@H]1CCCO1)Nc1ccc(CSc2ccccc2)cc1. The summed E-state index contributed by atoms with van der Waals surface area (Å²) in [5, 5.41) is 7.10. The van der Waals surface area contributed by atoms with Crippen LogP contribution in [0.2, 0.25) is 0 Å². The van der Waals surface area contributed by atoms with E-state index >= 15 is 0 Å². The smallest absolute Gasteiger partial charge is 0.170 e. The largest absolute Gasteiger partial charge is 0.376 e. The van der Waals surface area contributed by atoms with Crippen LogP contribution in [-0.4, -0.2) is 24.4 Å². The van der Waals surface area contributed by atoms with Crippen LogP contribution in [0.25, 0.3) is 0 Å². The van der Waals surface area contributed by atoms with E-state index in [9.17, 15) is 0 Å². The summed E-state index contributed by atoms with van der Waals surface area (Å²) in [4.78, 5) is 1.29. The number of thiocarbonyl (C=S) groups is 1. The average molecular weight is 359 g/mol. The molecule has 1 heterocycles. The number of benzene rings is 2. The van der Waals surface area contributed by atoms with Gasteiger partial charge in [0, 0.05) is 29.5 Å². The van der Waals surface area contributed by atoms with Gasteiger partial charge in [0.15, 0.2) is 5.11 Å². The van der Waals surface area contributed by atoms with Crippen molar-refractivity contribution in [2.75, 3.05) is 18.5 Å². The van der Waals surface area contributed by atoms with Gasteiger partial charge in [-0.15, -0.1) is 11.8 Å². The molecule has 2 aromatic carbocycles. The fourth-order valence-corrected chi connectivity index (χ4v) is 3.63. The Bertz CT molecular complexity index is 640. The number of hydrogen-bond donors (Lipinski definition) is 2. The molecule has 0 aliphatic carbocycles. The number of nitrogens with one attached hydrogen (secondary N) is 2. The van der Waals surface area contributed by atoms with Crippen molar-refractivity contribution >= 4 is 34.8 Å². The normalized spacial score (nSPS) is 16.8. The molecule has 0 saturated carbocycles. The third-order valence-corrected chi connectivity index (χ3v) is 5.20. The second kappa shape index (κ2) is 9.06. The van der Waals surface area contributed by atoms with Crippen molar-refractivity contribution in [2.45, 2.75) is 29.6 Å². The van der Waals surface area contributed by atoms with Crippen molar-refractivity contribution < 1.29 is 4.74 Å². The summed E-state index contributed by atoms with van der Waals surface area (Å²) in [6.45, 7) is 1.65. The lowest BCUT2D eigenvalue weighted by atomic mass is 10.2. The van der Waals surface area contributed by atoms with E-state index in [1.165, 1.54) is 10.5 Å². The van der Waals surface area contributed by atoms with Gasteiger partial charge in [0.05, 0.1) is 6.10 Å². The van der Waals surface area contributed by atoms with Gasteiger partial charge in [0.2, 0.25) is 0 Å². The highest BCUT2D eigenvalue weighted by molar-refractivity contribution is 7.98. The first-order chi connectivity index (χ1) is 11.8. The van der Waals surface area contributed by atoms with E-state index in [2.05, 4.69) is 59.2 Å². The Morgan fingerprint density at radius 1 is 1.12 bits per heavy atom. The number of thioether (sulfide) groups is 1. The van der Waals surface area contributed by atoms with Crippen molar-refractivity contribution in [3.8, 4) is 0 Å². The van der Waals surface area contributed by atoms with Gasteiger partial charge >= 0.3 is 0 Å². The molecule has 2 N–H and O–H groups in total. The summed E-state index contributed by atoms with van der Waals surface area (Å²) in [6.07, 6.45) is 2.56. The van der Waals surface area contributed by atoms with Gasteiger partial charge in [-0.25, -0.2) is 0 Å². The highest BCUT2D eigenvalue weighted by Gasteiger charge is 2.15. The Morgan fingerprint density at radius 2 is 1.92 bits per heavy atom. The minimum atomic E-state index is 0.294. The molecule has 1 fully saturated rings. The lowest BCUT2D eigenvalue weighted by Gasteiger charge is -2.14. The van der Waals surface area contributed by atoms with Crippen LogP contribution in [0.4, 0.5) is 5.69 Å². The van der Waals surface area contributed by atoms with Crippen molar-refractivity contribution in [2.24, 2.45) is 0 Å². The molecule has 24 heavy (non-hydrogen) atoms. The molecule has 0 spiro atoms. The molecular formula is C19H22N2OS2. The summed E-state index contributed by atoms with van der Waals surface area (Å²) in [5.74, 6) is 0.964. The van der Waals surface area contributed by atoms with E-state index in [1.54, 1.807) is 0 Å². The molecule has 0 radical (unpaired) electrons. The van der Waals surface area contributed by atoms with E-state index in [1.807, 2.05) is 17.8 Å². The van der Waals surface area contributed by atoms with Gasteiger partial charge in [-0.05, 0) is 54.9 Å². The van der Waals surface area contributed by atoms with Crippen LogP contribution >= 0.6 is 24.0 Å². The van der Waals surface area contributed by atoms with Crippen LogP contribution in [0.15, 0.2) is 59.5 Å². The monoisotopic (exact) mass is 358 g/mol. The Hall–Kier alpha value is -1.56. The highest BCUT2D eigenvalue weighted by Crippen LogP contribution is 2.23. The predicted octanol–water partition coefficient (Wildman–Crippen LogP) is 4.44. The zero-order chi connectivity index (χ0) is 16.6. The Morgan fingerprint density at radius 3 is 2.62 bits per heavy atom. The van der Waals surface area contributed by atoms with Gasteiger partial charge in [0.1, 0.15) is 0 Å². The first kappa shape index (κ1) is 17.3. The van der Waals surface area contributed by atoms with E-state index in [0.29, 0.717) is 11.2 Å². The number of anilines is 1. The Labute approximate surface area is 153 Å². The second-order valence-electron chi connectivity index (χ2n) is 5.77. The maximum Gasteiger partial charge on any atom is 0.170 e. The van der Waals surface area contributed by atoms with Crippen LogP contribution in [0.5, 0.6) is 0 Å². The maximum absolute atomic E-state index is 5.58. The summed E-state index contributed by atoms with van der Waals surface area (Å²) < 4.78 is 5.58. The molecule has 0 bridgehead atoms. The molecule has 2 aromatic rings. The van der Waals surface area contributed by atoms with Crippen LogP contribution < -0.4 is 10.6 Å². The van der Waals surface area contributed by atoms with E-state index in [0.717, 1.165) is 37.4 Å². The van der Waals surface area contributed by atoms with E-state index in [-0.39, 0.29) is 0 Å².